The Balaban J connectivity index is 2.00. The summed E-state index contributed by atoms with van der Waals surface area (Å²) >= 11 is 11.1. The molecule has 2 aromatic carbocycles. The first-order chi connectivity index (χ1) is 11.6. The summed E-state index contributed by atoms with van der Waals surface area (Å²) in [5.74, 6) is 1.68. The molecule has 24 heavy (non-hydrogen) atoms. The number of rotatable bonds is 8. The smallest absolute Gasteiger partial charge is 0.157 e. The molecule has 0 bridgehead atoms. The molecule has 0 radical (unpaired) electrons. The number of carbonyl (C=O) groups is 1. The summed E-state index contributed by atoms with van der Waals surface area (Å²) in [5, 5.41) is 0. The highest BCUT2D eigenvalue weighted by molar-refractivity contribution is 6.55. The molecule has 0 amide bonds. The maximum absolute atomic E-state index is 10.3. The Labute approximate surface area is 151 Å². The zero-order valence-electron chi connectivity index (χ0n) is 13.2. The normalized spacial score (nSPS) is 11.5. The molecule has 5 heteroatoms. The van der Waals surface area contributed by atoms with Crippen molar-refractivity contribution in [2.75, 3.05) is 13.2 Å². The molecule has 0 N–H and O–H groups in total. The van der Waals surface area contributed by atoms with Crippen LogP contribution in [0.3, 0.4) is 0 Å². The van der Waals surface area contributed by atoms with Crippen molar-refractivity contribution < 1.29 is 14.3 Å². The fraction of sp³-hybridized carbons (Fsp3) is 0.211. The van der Waals surface area contributed by atoms with Crippen molar-refractivity contribution >= 4 is 29.5 Å². The highest BCUT2D eigenvalue weighted by atomic mass is 35.5. The average molecular weight is 365 g/mol. The van der Waals surface area contributed by atoms with Crippen LogP contribution >= 0.6 is 23.2 Å². The molecule has 0 saturated heterocycles. The SMILES string of the molecule is CC(c1ccc(OCC=O)cc1)c1ccc(OCC=C(Cl)Cl)cc1. The minimum absolute atomic E-state index is 0.0699. The van der Waals surface area contributed by atoms with E-state index in [2.05, 4.69) is 6.92 Å². The Kier molecular flexibility index (Phi) is 7.16. The number of halogens is 2. The van der Waals surface area contributed by atoms with Crippen molar-refractivity contribution in [1.82, 2.24) is 0 Å². The highest BCUT2D eigenvalue weighted by Gasteiger charge is 2.09. The van der Waals surface area contributed by atoms with Crippen LogP contribution in [-0.2, 0) is 4.79 Å². The van der Waals surface area contributed by atoms with Crippen LogP contribution < -0.4 is 9.47 Å². The molecule has 2 aromatic rings. The van der Waals surface area contributed by atoms with Crippen molar-refractivity contribution in [3.63, 3.8) is 0 Å². The number of aldehydes is 1. The van der Waals surface area contributed by atoms with Gasteiger partial charge in [0.15, 0.2) is 6.29 Å². The first-order valence-corrected chi connectivity index (χ1v) is 8.26. The summed E-state index contributed by atoms with van der Waals surface area (Å²) in [6, 6.07) is 15.6. The van der Waals surface area contributed by atoms with E-state index in [9.17, 15) is 4.79 Å². The molecule has 0 spiro atoms. The van der Waals surface area contributed by atoms with Gasteiger partial charge in [0, 0.05) is 5.92 Å². The van der Waals surface area contributed by atoms with Gasteiger partial charge in [-0.2, -0.15) is 0 Å². The molecule has 1 unspecified atom stereocenters. The molecule has 0 saturated carbocycles. The van der Waals surface area contributed by atoms with Crippen LogP contribution in [0.15, 0.2) is 59.1 Å². The van der Waals surface area contributed by atoms with Gasteiger partial charge in [-0.05, 0) is 41.5 Å². The van der Waals surface area contributed by atoms with E-state index in [4.69, 9.17) is 32.7 Å². The van der Waals surface area contributed by atoms with Crippen molar-refractivity contribution in [3.8, 4) is 11.5 Å². The molecule has 0 aliphatic rings. The maximum atomic E-state index is 10.3. The minimum Gasteiger partial charge on any atom is -0.489 e. The summed E-state index contributed by atoms with van der Waals surface area (Å²) < 4.78 is 11.0. The lowest BCUT2D eigenvalue weighted by atomic mass is 9.93. The van der Waals surface area contributed by atoms with Crippen LogP contribution in [0.25, 0.3) is 0 Å². The summed E-state index contributed by atoms with van der Waals surface area (Å²) in [6.07, 6.45) is 2.32. The Hall–Kier alpha value is -1.97. The molecule has 0 aliphatic carbocycles. The van der Waals surface area contributed by atoms with Crippen LogP contribution in [0, 0.1) is 0 Å². The fourth-order valence-electron chi connectivity index (χ4n) is 2.23. The Bertz CT molecular complexity index is 675. The van der Waals surface area contributed by atoms with E-state index in [0.29, 0.717) is 12.4 Å². The van der Waals surface area contributed by atoms with Gasteiger partial charge >= 0.3 is 0 Å². The van der Waals surface area contributed by atoms with E-state index in [1.807, 2.05) is 48.5 Å². The third-order valence-electron chi connectivity index (χ3n) is 3.57. The van der Waals surface area contributed by atoms with Gasteiger partial charge in [-0.15, -0.1) is 0 Å². The van der Waals surface area contributed by atoms with Gasteiger partial charge in [-0.25, -0.2) is 0 Å². The second-order valence-corrected chi connectivity index (χ2v) is 6.15. The van der Waals surface area contributed by atoms with Crippen LogP contribution in [0.2, 0.25) is 0 Å². The van der Waals surface area contributed by atoms with Crippen molar-refractivity contribution in [2.45, 2.75) is 12.8 Å². The third kappa shape index (κ3) is 5.59. The standard InChI is InChI=1S/C19H18Cl2O3/c1-14(16-4-8-18(9-5-16)24-13-11-22)15-2-6-17(7-3-15)23-12-10-19(20)21/h2-11,14H,12-13H2,1H3. The molecule has 0 aromatic heterocycles. The summed E-state index contributed by atoms with van der Waals surface area (Å²) in [5.41, 5.74) is 2.34. The topological polar surface area (TPSA) is 35.5 Å². The largest absolute Gasteiger partial charge is 0.489 e. The second kappa shape index (κ2) is 9.36. The second-order valence-electron chi connectivity index (χ2n) is 5.14. The molecule has 3 nitrogen and oxygen atoms in total. The molecule has 0 heterocycles. The van der Waals surface area contributed by atoms with Crippen LogP contribution in [0.4, 0.5) is 0 Å². The molecular weight excluding hydrogens is 347 g/mol. The zero-order chi connectivity index (χ0) is 17.4. The quantitative estimate of drug-likeness (QED) is 0.610. The summed E-state index contributed by atoms with van der Waals surface area (Å²) in [4.78, 5) is 10.3. The van der Waals surface area contributed by atoms with Gasteiger partial charge < -0.3 is 9.47 Å². The van der Waals surface area contributed by atoms with E-state index >= 15 is 0 Å². The molecular formula is C19H18Cl2O3. The highest BCUT2D eigenvalue weighted by Crippen LogP contribution is 2.27. The predicted octanol–water partition coefficient (Wildman–Crippen LogP) is 5.11. The molecule has 126 valence electrons. The zero-order valence-corrected chi connectivity index (χ0v) is 14.8. The van der Waals surface area contributed by atoms with E-state index in [1.54, 1.807) is 6.08 Å². The van der Waals surface area contributed by atoms with Gasteiger partial charge in [-0.3, -0.25) is 4.79 Å². The van der Waals surface area contributed by atoms with Gasteiger partial charge in [0.25, 0.3) is 0 Å². The number of benzene rings is 2. The summed E-state index contributed by atoms with van der Waals surface area (Å²) in [7, 11) is 0. The monoisotopic (exact) mass is 364 g/mol. The van der Waals surface area contributed by atoms with Crippen LogP contribution in [0.5, 0.6) is 11.5 Å². The van der Waals surface area contributed by atoms with Gasteiger partial charge in [-0.1, -0.05) is 54.4 Å². The first kappa shape index (κ1) is 18.4. The first-order valence-electron chi connectivity index (χ1n) is 7.50. The number of ether oxygens (including phenoxy) is 2. The van der Waals surface area contributed by atoms with Gasteiger partial charge in [0.05, 0.1) is 0 Å². The number of hydrogen-bond donors (Lipinski definition) is 0. The lowest BCUT2D eigenvalue weighted by molar-refractivity contribution is -0.109. The lowest BCUT2D eigenvalue weighted by Gasteiger charge is -2.14. The van der Waals surface area contributed by atoms with Gasteiger partial charge in [0.1, 0.15) is 29.2 Å². The van der Waals surface area contributed by atoms with E-state index in [0.717, 1.165) is 12.0 Å². The number of hydrogen-bond acceptors (Lipinski definition) is 3. The summed E-state index contributed by atoms with van der Waals surface area (Å²) in [6.45, 7) is 2.53. The van der Waals surface area contributed by atoms with Crippen molar-refractivity contribution in [1.29, 1.82) is 0 Å². The lowest BCUT2D eigenvalue weighted by Crippen LogP contribution is -1.99. The Morgan fingerprint density at radius 1 is 0.917 bits per heavy atom. The molecule has 1 atom stereocenters. The Morgan fingerprint density at radius 2 is 1.38 bits per heavy atom. The maximum Gasteiger partial charge on any atom is 0.157 e. The third-order valence-corrected chi connectivity index (χ3v) is 3.87. The Morgan fingerprint density at radius 3 is 1.79 bits per heavy atom. The average Bonchev–Trinajstić information content (AvgIpc) is 2.60. The van der Waals surface area contributed by atoms with Crippen molar-refractivity contribution in [3.05, 3.63) is 70.2 Å². The fourth-order valence-corrected chi connectivity index (χ4v) is 2.36. The van der Waals surface area contributed by atoms with Crippen LogP contribution in [-0.4, -0.2) is 19.5 Å². The van der Waals surface area contributed by atoms with Crippen molar-refractivity contribution in [2.24, 2.45) is 0 Å². The van der Waals surface area contributed by atoms with E-state index in [-0.39, 0.29) is 17.0 Å². The van der Waals surface area contributed by atoms with Crippen LogP contribution in [0.1, 0.15) is 24.0 Å². The predicted molar refractivity (Wildman–Crippen MR) is 97.2 cm³/mol. The van der Waals surface area contributed by atoms with E-state index < -0.39 is 0 Å². The molecule has 2 rings (SSSR count). The minimum atomic E-state index is 0.0699. The molecule has 0 aliphatic heterocycles. The molecule has 0 fully saturated rings. The van der Waals surface area contributed by atoms with E-state index in [1.165, 1.54) is 11.1 Å². The number of carbonyl (C=O) groups excluding carboxylic acids is 1. The van der Waals surface area contributed by atoms with Gasteiger partial charge in [0.2, 0.25) is 0 Å².